The summed E-state index contributed by atoms with van der Waals surface area (Å²) in [6.07, 6.45) is -8.06. The molecule has 0 aliphatic carbocycles. The number of nitrogens with zero attached hydrogens (tertiary/aromatic N) is 1. The molecular weight excluding hydrogens is 580 g/mol. The SMILES string of the molecule is C=CC(=O)Nc1ccc(Oc2ncc(C)cc2NS(=O)(=O)c2ccc(Cl)c(C(F)(F)F)c2)c(OC(F)(F)F)c1. The molecule has 0 aliphatic heterocycles. The highest BCUT2D eigenvalue weighted by Gasteiger charge is 2.35. The van der Waals surface area contributed by atoms with Crippen molar-refractivity contribution in [1.82, 2.24) is 4.98 Å². The zero-order valence-electron chi connectivity index (χ0n) is 19.4. The minimum atomic E-state index is -5.19. The first-order valence-electron chi connectivity index (χ1n) is 10.4. The highest BCUT2D eigenvalue weighted by Crippen LogP contribution is 2.40. The molecule has 0 atom stereocenters. The van der Waals surface area contributed by atoms with E-state index < -0.39 is 67.0 Å². The molecule has 8 nitrogen and oxygen atoms in total. The molecule has 0 saturated heterocycles. The van der Waals surface area contributed by atoms with Gasteiger partial charge in [0.1, 0.15) is 5.69 Å². The third kappa shape index (κ3) is 7.77. The molecule has 2 aromatic carbocycles. The minimum absolute atomic E-state index is 0.118. The molecule has 1 heterocycles. The average molecular weight is 596 g/mol. The van der Waals surface area contributed by atoms with E-state index in [-0.39, 0.29) is 5.69 Å². The van der Waals surface area contributed by atoms with E-state index in [2.05, 4.69) is 21.6 Å². The first-order chi connectivity index (χ1) is 18.0. The fourth-order valence-electron chi connectivity index (χ4n) is 2.98. The molecule has 208 valence electrons. The van der Waals surface area contributed by atoms with E-state index in [0.717, 1.165) is 36.4 Å². The Hall–Kier alpha value is -3.98. The highest BCUT2D eigenvalue weighted by atomic mass is 35.5. The normalized spacial score (nSPS) is 12.0. The Morgan fingerprint density at radius 3 is 2.36 bits per heavy atom. The molecule has 1 aromatic heterocycles. The monoisotopic (exact) mass is 595 g/mol. The largest absolute Gasteiger partial charge is 0.573 e. The van der Waals surface area contributed by atoms with E-state index in [1.165, 1.54) is 19.2 Å². The Labute approximate surface area is 222 Å². The molecule has 0 radical (unpaired) electrons. The van der Waals surface area contributed by atoms with Crippen molar-refractivity contribution >= 4 is 38.9 Å². The maximum atomic E-state index is 13.2. The summed E-state index contributed by atoms with van der Waals surface area (Å²) in [5.74, 6) is -2.81. The van der Waals surface area contributed by atoms with Crippen molar-refractivity contribution in [2.45, 2.75) is 24.4 Å². The summed E-state index contributed by atoms with van der Waals surface area (Å²) in [6, 6.07) is 6.00. The Bertz CT molecular complexity index is 1530. The van der Waals surface area contributed by atoms with Gasteiger partial charge in [0, 0.05) is 18.0 Å². The summed E-state index contributed by atoms with van der Waals surface area (Å²) < 4.78 is 116. The molecule has 0 unspecified atom stereocenters. The van der Waals surface area contributed by atoms with Crippen molar-refractivity contribution in [3.8, 4) is 17.4 Å². The summed E-state index contributed by atoms with van der Waals surface area (Å²) in [4.78, 5) is 14.6. The first-order valence-corrected chi connectivity index (χ1v) is 12.2. The van der Waals surface area contributed by atoms with Gasteiger partial charge in [0.15, 0.2) is 11.5 Å². The van der Waals surface area contributed by atoms with Gasteiger partial charge in [-0.2, -0.15) is 13.2 Å². The van der Waals surface area contributed by atoms with Gasteiger partial charge in [0.2, 0.25) is 11.8 Å². The Morgan fingerprint density at radius 2 is 1.74 bits per heavy atom. The van der Waals surface area contributed by atoms with Crippen molar-refractivity contribution in [2.24, 2.45) is 0 Å². The number of aromatic nitrogens is 1. The second kappa shape index (κ2) is 11.0. The number of nitrogens with one attached hydrogen (secondary N) is 2. The van der Waals surface area contributed by atoms with E-state index in [1.807, 2.05) is 4.72 Å². The van der Waals surface area contributed by atoms with Crippen LogP contribution in [0.4, 0.5) is 37.7 Å². The molecule has 1 amide bonds. The molecule has 3 rings (SSSR count). The standard InChI is InChI=1S/C23H16ClF6N3O5S/c1-3-20(34)32-13-4-7-18(19(9-13)38-23(28,29)30)37-21-17(8-12(2)11-31-21)33-39(35,36)14-5-6-16(24)15(10-14)22(25,26)27/h3-11,33H,1H2,2H3,(H,32,34). The van der Waals surface area contributed by atoms with Crippen molar-refractivity contribution in [3.63, 3.8) is 0 Å². The van der Waals surface area contributed by atoms with Crippen molar-refractivity contribution in [2.75, 3.05) is 10.0 Å². The van der Waals surface area contributed by atoms with Crippen LogP contribution in [0.3, 0.4) is 0 Å². The number of anilines is 2. The van der Waals surface area contributed by atoms with Crippen LogP contribution in [0.15, 0.2) is 66.2 Å². The number of alkyl halides is 6. The lowest BCUT2D eigenvalue weighted by atomic mass is 10.2. The number of carbonyl (C=O) groups is 1. The molecule has 16 heteroatoms. The van der Waals surface area contributed by atoms with Gasteiger partial charge in [-0.3, -0.25) is 9.52 Å². The number of hydrogen-bond donors (Lipinski definition) is 2. The zero-order chi connectivity index (χ0) is 29.2. The van der Waals surface area contributed by atoms with Crippen LogP contribution >= 0.6 is 11.6 Å². The van der Waals surface area contributed by atoms with Gasteiger partial charge in [-0.25, -0.2) is 13.4 Å². The number of hydrogen-bond acceptors (Lipinski definition) is 6. The van der Waals surface area contributed by atoms with Gasteiger partial charge in [0.05, 0.1) is 15.5 Å². The molecule has 0 spiro atoms. The summed E-state index contributed by atoms with van der Waals surface area (Å²) in [7, 11) is -4.70. The number of amides is 1. The van der Waals surface area contributed by atoms with E-state index in [1.54, 1.807) is 0 Å². The van der Waals surface area contributed by atoms with Gasteiger partial charge in [-0.05, 0) is 55.0 Å². The Kier molecular flexibility index (Phi) is 8.36. The zero-order valence-corrected chi connectivity index (χ0v) is 21.0. The molecule has 0 aliphatic rings. The maximum absolute atomic E-state index is 13.2. The number of benzene rings is 2. The average Bonchev–Trinajstić information content (AvgIpc) is 2.80. The second-order valence-corrected chi connectivity index (χ2v) is 9.70. The lowest BCUT2D eigenvalue weighted by molar-refractivity contribution is -0.275. The van der Waals surface area contributed by atoms with Crippen LogP contribution in [0.5, 0.6) is 17.4 Å². The maximum Gasteiger partial charge on any atom is 0.573 e. The molecule has 0 fully saturated rings. The fraction of sp³-hybridized carbons (Fsp3) is 0.130. The smallest absolute Gasteiger partial charge is 0.433 e. The number of halogens is 7. The Balaban J connectivity index is 2.02. The van der Waals surface area contributed by atoms with Crippen LogP contribution < -0.4 is 19.5 Å². The van der Waals surface area contributed by atoms with E-state index in [0.29, 0.717) is 11.6 Å². The molecule has 39 heavy (non-hydrogen) atoms. The van der Waals surface area contributed by atoms with Crippen LogP contribution in [-0.2, 0) is 21.0 Å². The Morgan fingerprint density at radius 1 is 1.05 bits per heavy atom. The molecule has 0 bridgehead atoms. The van der Waals surface area contributed by atoms with Gasteiger partial charge in [-0.15, -0.1) is 13.2 Å². The van der Waals surface area contributed by atoms with Gasteiger partial charge in [0.25, 0.3) is 10.0 Å². The molecular formula is C23H16ClF6N3O5S. The summed E-state index contributed by atoms with van der Waals surface area (Å²) in [5, 5.41) is 1.51. The van der Waals surface area contributed by atoms with E-state index >= 15 is 0 Å². The summed E-state index contributed by atoms with van der Waals surface area (Å²) >= 11 is 5.55. The number of aryl methyl sites for hydroxylation is 1. The molecule has 3 aromatic rings. The van der Waals surface area contributed by atoms with Gasteiger partial charge < -0.3 is 14.8 Å². The van der Waals surface area contributed by atoms with Crippen molar-refractivity contribution < 1.29 is 49.0 Å². The second-order valence-electron chi connectivity index (χ2n) is 7.62. The topological polar surface area (TPSA) is 107 Å². The molecule has 2 N–H and O–H groups in total. The van der Waals surface area contributed by atoms with E-state index in [4.69, 9.17) is 16.3 Å². The van der Waals surface area contributed by atoms with Crippen LogP contribution in [0.2, 0.25) is 5.02 Å². The number of rotatable bonds is 8. The molecule has 0 saturated carbocycles. The summed E-state index contributed by atoms with van der Waals surface area (Å²) in [6.45, 7) is 4.72. The third-order valence-electron chi connectivity index (χ3n) is 4.61. The van der Waals surface area contributed by atoms with Crippen molar-refractivity contribution in [3.05, 3.63) is 77.5 Å². The van der Waals surface area contributed by atoms with Crippen LogP contribution in [0.25, 0.3) is 0 Å². The van der Waals surface area contributed by atoms with Crippen LogP contribution in [0.1, 0.15) is 11.1 Å². The fourth-order valence-corrected chi connectivity index (χ4v) is 4.27. The lowest BCUT2D eigenvalue weighted by Crippen LogP contribution is -2.18. The minimum Gasteiger partial charge on any atom is -0.433 e. The summed E-state index contributed by atoms with van der Waals surface area (Å²) in [5.41, 5.74) is -1.57. The first kappa shape index (κ1) is 29.6. The predicted octanol–water partition coefficient (Wildman–Crippen LogP) is 6.68. The number of pyridine rings is 1. The van der Waals surface area contributed by atoms with Crippen molar-refractivity contribution in [1.29, 1.82) is 0 Å². The quantitative estimate of drug-likeness (QED) is 0.222. The highest BCUT2D eigenvalue weighted by molar-refractivity contribution is 7.92. The van der Waals surface area contributed by atoms with Gasteiger partial charge >= 0.3 is 12.5 Å². The van der Waals surface area contributed by atoms with Gasteiger partial charge in [-0.1, -0.05) is 18.2 Å². The van der Waals surface area contributed by atoms with Crippen LogP contribution in [-0.4, -0.2) is 25.7 Å². The van der Waals surface area contributed by atoms with E-state index in [9.17, 15) is 39.6 Å². The third-order valence-corrected chi connectivity index (χ3v) is 6.31. The number of ether oxygens (including phenoxy) is 2. The number of carbonyl (C=O) groups excluding carboxylic acids is 1. The predicted molar refractivity (Wildman–Crippen MR) is 128 cm³/mol. The van der Waals surface area contributed by atoms with Crippen LogP contribution in [0, 0.1) is 6.92 Å². The lowest BCUT2D eigenvalue weighted by Gasteiger charge is -2.17. The number of sulfonamides is 1.